The molecule has 10 heteroatoms. The van der Waals surface area contributed by atoms with Crippen molar-refractivity contribution in [2.45, 2.75) is 17.2 Å². The van der Waals surface area contributed by atoms with E-state index in [9.17, 15) is 23.3 Å². The first-order valence-corrected chi connectivity index (χ1v) is 8.19. The number of aromatic nitrogens is 2. The number of nitro groups is 1. The lowest BCUT2D eigenvalue weighted by atomic mass is 10.1. The van der Waals surface area contributed by atoms with E-state index >= 15 is 0 Å². The molecule has 0 aliphatic rings. The number of alkyl halides is 3. The third-order valence-corrected chi connectivity index (χ3v) is 4.25. The van der Waals surface area contributed by atoms with Gasteiger partial charge in [-0.05, 0) is 23.8 Å². The molecule has 0 atom stereocenters. The lowest BCUT2D eigenvalue weighted by Gasteiger charge is -2.11. The minimum Gasteiger partial charge on any atom is -0.411 e. The number of nitro benzene ring substituents is 1. The van der Waals surface area contributed by atoms with Crippen LogP contribution in [0.15, 0.2) is 58.2 Å². The number of hydrogen-bond acceptors (Lipinski definition) is 6. The Morgan fingerprint density at radius 3 is 2.50 bits per heavy atom. The fourth-order valence-electron chi connectivity index (χ4n) is 2.19. The van der Waals surface area contributed by atoms with E-state index in [1.807, 2.05) is 6.07 Å². The largest absolute Gasteiger partial charge is 0.416 e. The molecular formula is C16H10F3N3O3S. The van der Waals surface area contributed by atoms with E-state index in [0.29, 0.717) is 11.6 Å². The van der Waals surface area contributed by atoms with Crippen LogP contribution in [0.2, 0.25) is 0 Å². The second-order valence-electron chi connectivity index (χ2n) is 5.12. The third-order valence-electron chi connectivity index (χ3n) is 3.38. The first kappa shape index (κ1) is 17.9. The van der Waals surface area contributed by atoms with Gasteiger partial charge in [-0.1, -0.05) is 30.0 Å². The monoisotopic (exact) mass is 381 g/mol. The Kier molecular flexibility index (Phi) is 4.94. The van der Waals surface area contributed by atoms with Crippen molar-refractivity contribution >= 4 is 17.4 Å². The molecule has 0 radical (unpaired) electrons. The van der Waals surface area contributed by atoms with Crippen molar-refractivity contribution in [3.63, 3.8) is 0 Å². The van der Waals surface area contributed by atoms with Crippen LogP contribution in [0.25, 0.3) is 11.5 Å². The van der Waals surface area contributed by atoms with Crippen molar-refractivity contribution in [1.82, 2.24) is 10.2 Å². The van der Waals surface area contributed by atoms with Gasteiger partial charge in [0.2, 0.25) is 5.89 Å². The Labute approximate surface area is 149 Å². The smallest absolute Gasteiger partial charge is 0.411 e. The Hall–Kier alpha value is -2.88. The fraction of sp³-hybridized carbons (Fsp3) is 0.125. The van der Waals surface area contributed by atoms with E-state index in [-0.39, 0.29) is 22.4 Å². The molecule has 0 aliphatic carbocycles. The second-order valence-corrected chi connectivity index (χ2v) is 6.05. The highest BCUT2D eigenvalue weighted by Crippen LogP contribution is 2.36. The Balaban J connectivity index is 1.82. The number of thioether (sulfide) groups is 1. The van der Waals surface area contributed by atoms with Crippen molar-refractivity contribution in [2.75, 3.05) is 0 Å². The van der Waals surface area contributed by atoms with Crippen molar-refractivity contribution in [3.8, 4) is 11.5 Å². The number of benzene rings is 2. The van der Waals surface area contributed by atoms with E-state index in [2.05, 4.69) is 10.2 Å². The SMILES string of the molecule is O=[N+]([O-])c1ccc(C(F)(F)F)c(CSc2nnc(-c3ccccc3)o2)c1. The topological polar surface area (TPSA) is 82.1 Å². The summed E-state index contributed by atoms with van der Waals surface area (Å²) in [5.74, 6) is 0.0376. The number of hydrogen-bond donors (Lipinski definition) is 0. The molecule has 134 valence electrons. The van der Waals surface area contributed by atoms with Gasteiger partial charge >= 0.3 is 6.18 Å². The summed E-state index contributed by atoms with van der Waals surface area (Å²) < 4.78 is 44.7. The highest BCUT2D eigenvalue weighted by atomic mass is 32.2. The zero-order valence-corrected chi connectivity index (χ0v) is 13.8. The maximum Gasteiger partial charge on any atom is 0.416 e. The number of non-ortho nitro benzene ring substituents is 1. The molecule has 0 bridgehead atoms. The number of nitrogens with zero attached hydrogens (tertiary/aromatic N) is 3. The van der Waals surface area contributed by atoms with Gasteiger partial charge in [0.1, 0.15) is 0 Å². The van der Waals surface area contributed by atoms with Crippen LogP contribution in [0.5, 0.6) is 0 Å². The molecule has 0 spiro atoms. The van der Waals surface area contributed by atoms with Crippen LogP contribution in [0, 0.1) is 10.1 Å². The van der Waals surface area contributed by atoms with Gasteiger partial charge in [0.05, 0.1) is 10.5 Å². The zero-order valence-electron chi connectivity index (χ0n) is 12.9. The molecule has 6 nitrogen and oxygen atoms in total. The summed E-state index contributed by atoms with van der Waals surface area (Å²) in [5.41, 5.74) is -0.892. The third kappa shape index (κ3) is 4.02. The zero-order chi connectivity index (χ0) is 18.7. The van der Waals surface area contributed by atoms with Crippen LogP contribution in [0.3, 0.4) is 0 Å². The van der Waals surface area contributed by atoms with E-state index in [4.69, 9.17) is 4.42 Å². The first-order chi connectivity index (χ1) is 12.3. The summed E-state index contributed by atoms with van der Waals surface area (Å²) in [4.78, 5) is 10.1. The molecule has 3 rings (SSSR count). The van der Waals surface area contributed by atoms with Crippen LogP contribution in [0.1, 0.15) is 11.1 Å². The van der Waals surface area contributed by atoms with Crippen molar-refractivity contribution in [1.29, 1.82) is 0 Å². The minimum atomic E-state index is -4.62. The van der Waals surface area contributed by atoms with Gasteiger partial charge in [0, 0.05) is 23.4 Å². The van der Waals surface area contributed by atoms with Crippen LogP contribution < -0.4 is 0 Å². The molecule has 0 N–H and O–H groups in total. The van der Waals surface area contributed by atoms with E-state index in [0.717, 1.165) is 23.9 Å². The predicted octanol–water partition coefficient (Wildman–Crippen LogP) is 4.96. The quantitative estimate of drug-likeness (QED) is 0.353. The summed E-state index contributed by atoms with van der Waals surface area (Å²) in [6, 6.07) is 11.3. The molecule has 0 saturated carbocycles. The molecule has 0 amide bonds. The van der Waals surface area contributed by atoms with Crippen LogP contribution in [-0.2, 0) is 11.9 Å². The van der Waals surface area contributed by atoms with Gasteiger partial charge in [-0.25, -0.2) is 0 Å². The standard InChI is InChI=1S/C16H10F3N3O3S/c17-16(18,19)13-7-6-12(22(23)24)8-11(13)9-26-15-21-20-14(25-15)10-4-2-1-3-5-10/h1-8H,9H2. The lowest BCUT2D eigenvalue weighted by Crippen LogP contribution is -2.09. The van der Waals surface area contributed by atoms with Gasteiger partial charge in [-0.2, -0.15) is 13.2 Å². The summed E-state index contributed by atoms with van der Waals surface area (Å²) in [7, 11) is 0. The Morgan fingerprint density at radius 1 is 1.12 bits per heavy atom. The van der Waals surface area contributed by atoms with Gasteiger partial charge in [0.15, 0.2) is 0 Å². The second kappa shape index (κ2) is 7.16. The molecule has 0 saturated heterocycles. The van der Waals surface area contributed by atoms with Crippen molar-refractivity contribution in [2.24, 2.45) is 0 Å². The Morgan fingerprint density at radius 2 is 1.85 bits per heavy atom. The van der Waals surface area contributed by atoms with Crippen molar-refractivity contribution < 1.29 is 22.5 Å². The fourth-order valence-corrected chi connectivity index (χ4v) is 2.95. The molecule has 3 aromatic rings. The summed E-state index contributed by atoms with van der Waals surface area (Å²) in [6.45, 7) is 0. The lowest BCUT2D eigenvalue weighted by molar-refractivity contribution is -0.385. The highest BCUT2D eigenvalue weighted by Gasteiger charge is 2.34. The average molecular weight is 381 g/mol. The van der Waals surface area contributed by atoms with Gasteiger partial charge < -0.3 is 4.42 Å². The molecule has 26 heavy (non-hydrogen) atoms. The molecule has 1 aromatic heterocycles. The maximum atomic E-state index is 13.1. The van der Waals surface area contributed by atoms with Crippen molar-refractivity contribution in [3.05, 3.63) is 69.8 Å². The normalized spacial score (nSPS) is 11.5. The summed E-state index contributed by atoms with van der Waals surface area (Å²) in [5, 5.41) is 18.5. The summed E-state index contributed by atoms with van der Waals surface area (Å²) in [6.07, 6.45) is -4.62. The average Bonchev–Trinajstić information content (AvgIpc) is 3.08. The molecular weight excluding hydrogens is 371 g/mol. The Bertz CT molecular complexity index is 929. The summed E-state index contributed by atoms with van der Waals surface area (Å²) >= 11 is 0.877. The van der Waals surface area contributed by atoms with E-state index < -0.39 is 22.4 Å². The van der Waals surface area contributed by atoms with Gasteiger partial charge in [-0.15, -0.1) is 10.2 Å². The highest BCUT2D eigenvalue weighted by molar-refractivity contribution is 7.98. The van der Waals surface area contributed by atoms with Gasteiger partial charge in [0.25, 0.3) is 10.9 Å². The van der Waals surface area contributed by atoms with E-state index in [1.54, 1.807) is 24.3 Å². The first-order valence-electron chi connectivity index (χ1n) is 7.21. The molecule has 0 fully saturated rings. The molecule has 2 aromatic carbocycles. The maximum absolute atomic E-state index is 13.1. The van der Waals surface area contributed by atoms with Crippen LogP contribution in [-0.4, -0.2) is 15.1 Å². The van der Waals surface area contributed by atoms with E-state index in [1.165, 1.54) is 0 Å². The van der Waals surface area contributed by atoms with Crippen LogP contribution in [0.4, 0.5) is 18.9 Å². The predicted molar refractivity (Wildman–Crippen MR) is 87.4 cm³/mol. The van der Waals surface area contributed by atoms with Gasteiger partial charge in [-0.3, -0.25) is 10.1 Å². The molecule has 1 heterocycles. The minimum absolute atomic E-state index is 0.0727. The number of halogens is 3. The van der Waals surface area contributed by atoms with Crippen LogP contribution >= 0.6 is 11.8 Å². The molecule has 0 unspecified atom stereocenters. The molecule has 0 aliphatic heterocycles. The number of rotatable bonds is 5.